The molecule has 1 saturated carbocycles. The molecule has 2 atom stereocenters. The van der Waals surface area contributed by atoms with Gasteiger partial charge < -0.3 is 19.7 Å². The summed E-state index contributed by atoms with van der Waals surface area (Å²) in [5.74, 6) is -1.65. The highest BCUT2D eigenvalue weighted by Crippen LogP contribution is 2.51. The van der Waals surface area contributed by atoms with Gasteiger partial charge in [-0.25, -0.2) is 8.78 Å². The largest absolute Gasteiger partial charge is 0.497 e. The Morgan fingerprint density at radius 2 is 1.89 bits per heavy atom. The Morgan fingerprint density at radius 1 is 1.11 bits per heavy atom. The van der Waals surface area contributed by atoms with Crippen LogP contribution in [0.4, 0.5) is 8.78 Å². The van der Waals surface area contributed by atoms with E-state index < -0.39 is 24.3 Å². The zero-order valence-corrected chi connectivity index (χ0v) is 21.3. The third-order valence-corrected chi connectivity index (χ3v) is 7.33. The number of hydrogen-bond donors (Lipinski definition) is 2. The van der Waals surface area contributed by atoms with E-state index in [-0.39, 0.29) is 35.1 Å². The first-order valence-electron chi connectivity index (χ1n) is 12.4. The molecule has 0 bridgehead atoms. The van der Waals surface area contributed by atoms with Crippen LogP contribution in [0.15, 0.2) is 54.6 Å². The van der Waals surface area contributed by atoms with Crippen LogP contribution in [0.5, 0.6) is 11.5 Å². The topological polar surface area (TPSA) is 76.0 Å². The summed E-state index contributed by atoms with van der Waals surface area (Å²) in [6, 6.07) is 14.7. The van der Waals surface area contributed by atoms with Gasteiger partial charge in [0.1, 0.15) is 18.2 Å². The lowest BCUT2D eigenvalue weighted by atomic mass is 9.75. The first kappa shape index (κ1) is 26.6. The summed E-state index contributed by atoms with van der Waals surface area (Å²) in [6.45, 7) is 4.50. The molecule has 3 aromatic carbocycles. The predicted octanol–water partition coefficient (Wildman–Crippen LogP) is 7.02. The van der Waals surface area contributed by atoms with Gasteiger partial charge in [-0.1, -0.05) is 50.6 Å². The molecule has 0 radical (unpaired) electrons. The lowest BCUT2D eigenvalue weighted by Crippen LogP contribution is -2.17. The third-order valence-electron chi connectivity index (χ3n) is 7.33. The van der Waals surface area contributed by atoms with E-state index in [4.69, 9.17) is 14.6 Å². The van der Waals surface area contributed by atoms with Gasteiger partial charge in [-0.2, -0.15) is 0 Å². The molecule has 0 saturated heterocycles. The third kappa shape index (κ3) is 5.77. The summed E-state index contributed by atoms with van der Waals surface area (Å²) in [5, 5.41) is 19.0. The van der Waals surface area contributed by atoms with E-state index in [9.17, 15) is 18.7 Å². The van der Waals surface area contributed by atoms with E-state index in [1.54, 1.807) is 19.2 Å². The molecule has 0 aromatic heterocycles. The zero-order chi connectivity index (χ0) is 26.7. The van der Waals surface area contributed by atoms with Crippen LogP contribution in [-0.2, 0) is 11.4 Å². The number of carboxylic acid groups (broad SMARTS) is 1. The van der Waals surface area contributed by atoms with Crippen LogP contribution in [0.3, 0.4) is 0 Å². The quantitative estimate of drug-likeness (QED) is 0.324. The molecule has 0 aliphatic heterocycles. The van der Waals surface area contributed by atoms with Crippen molar-refractivity contribution in [2.45, 2.75) is 58.2 Å². The molecular weight excluding hydrogens is 478 g/mol. The second-order valence-corrected chi connectivity index (χ2v) is 10.3. The Kier molecular flexibility index (Phi) is 7.83. The van der Waals surface area contributed by atoms with Gasteiger partial charge >= 0.3 is 5.97 Å². The Labute approximate surface area is 215 Å². The molecule has 0 unspecified atom stereocenters. The first-order chi connectivity index (χ1) is 17.6. The van der Waals surface area contributed by atoms with Crippen LogP contribution in [0.1, 0.15) is 68.2 Å². The number of hydrogen-bond acceptors (Lipinski definition) is 4. The van der Waals surface area contributed by atoms with Gasteiger partial charge in [0, 0.05) is 11.1 Å². The number of rotatable bonds is 9. The van der Waals surface area contributed by atoms with Crippen LogP contribution in [-0.4, -0.2) is 23.3 Å². The summed E-state index contributed by atoms with van der Waals surface area (Å²) < 4.78 is 41.0. The van der Waals surface area contributed by atoms with Gasteiger partial charge in [-0.05, 0) is 65.1 Å². The summed E-state index contributed by atoms with van der Waals surface area (Å²) in [5.41, 5.74) is 2.98. The number of benzene rings is 3. The van der Waals surface area contributed by atoms with Crippen molar-refractivity contribution >= 4 is 5.97 Å². The Balaban J connectivity index is 1.67. The van der Waals surface area contributed by atoms with Gasteiger partial charge in [0.2, 0.25) is 0 Å². The molecule has 7 heteroatoms. The highest BCUT2D eigenvalue weighted by atomic mass is 19.1. The van der Waals surface area contributed by atoms with Crippen LogP contribution in [0, 0.1) is 17.0 Å². The maximum Gasteiger partial charge on any atom is 0.306 e. The van der Waals surface area contributed by atoms with Crippen LogP contribution in [0.2, 0.25) is 0 Å². The Bertz CT molecular complexity index is 1290. The fourth-order valence-electron chi connectivity index (χ4n) is 5.31. The van der Waals surface area contributed by atoms with Crippen molar-refractivity contribution in [2.24, 2.45) is 5.41 Å². The van der Waals surface area contributed by atoms with Crippen molar-refractivity contribution in [3.63, 3.8) is 0 Å². The predicted molar refractivity (Wildman–Crippen MR) is 137 cm³/mol. The van der Waals surface area contributed by atoms with Crippen molar-refractivity contribution in [3.05, 3.63) is 82.9 Å². The summed E-state index contributed by atoms with van der Waals surface area (Å²) >= 11 is 0. The lowest BCUT2D eigenvalue weighted by molar-refractivity contribution is -0.139. The van der Waals surface area contributed by atoms with Crippen molar-refractivity contribution in [3.8, 4) is 22.6 Å². The number of aliphatic carboxylic acids is 1. The molecule has 0 amide bonds. The fraction of sp³-hybridized carbons (Fsp3) is 0.367. The smallest absolute Gasteiger partial charge is 0.306 e. The minimum Gasteiger partial charge on any atom is -0.497 e. The number of methoxy groups -OCH3 is 1. The van der Waals surface area contributed by atoms with Gasteiger partial charge in [0.15, 0.2) is 11.6 Å². The molecule has 1 fully saturated rings. The molecule has 2 N–H and O–H groups in total. The minimum atomic E-state index is -1.48. The van der Waals surface area contributed by atoms with Crippen LogP contribution in [0.25, 0.3) is 11.1 Å². The molecule has 4 rings (SSSR count). The van der Waals surface area contributed by atoms with Gasteiger partial charge in [-0.15, -0.1) is 0 Å². The molecule has 196 valence electrons. The van der Waals surface area contributed by atoms with Crippen LogP contribution < -0.4 is 9.47 Å². The molecule has 5 nitrogen and oxygen atoms in total. The summed E-state index contributed by atoms with van der Waals surface area (Å²) in [7, 11) is 1.55. The molecular formula is C30H32F2O5. The number of halogens is 2. The molecule has 0 heterocycles. The van der Waals surface area contributed by atoms with Gasteiger partial charge in [-0.3, -0.25) is 4.79 Å². The monoisotopic (exact) mass is 510 g/mol. The van der Waals surface area contributed by atoms with E-state index in [0.717, 1.165) is 36.0 Å². The SMILES string of the molecule is COc1ccc(F)c(-c2ccc(COc3cccc([C@H](O)CC(=O)O)c3F)cc2[C@@H]2CCCC2(C)C)c1. The Morgan fingerprint density at radius 3 is 2.57 bits per heavy atom. The molecule has 1 aliphatic rings. The van der Waals surface area contributed by atoms with E-state index >= 15 is 0 Å². The maximum absolute atomic E-state index is 15.0. The first-order valence-corrected chi connectivity index (χ1v) is 12.4. The van der Waals surface area contributed by atoms with Crippen LogP contribution >= 0.6 is 0 Å². The minimum absolute atomic E-state index is 0.0320. The number of carboxylic acids is 1. The zero-order valence-electron chi connectivity index (χ0n) is 21.3. The van der Waals surface area contributed by atoms with Crippen molar-refractivity contribution in [2.75, 3.05) is 7.11 Å². The standard InChI is InChI=1S/C30H32F2O5/c1-30(2)13-5-7-24(30)22-14-18(9-11-20(22)23-15-19(36-3)10-12-25(23)31)17-37-27-8-4-6-21(29(27)32)26(33)16-28(34)35/h4,6,8-12,14-15,24,26,33H,5,7,13,16-17H2,1-3H3,(H,34,35)/t24-,26+/m0/s1. The second-order valence-electron chi connectivity index (χ2n) is 10.3. The number of aliphatic hydroxyl groups is 1. The van der Waals surface area contributed by atoms with Crippen molar-refractivity contribution in [1.82, 2.24) is 0 Å². The fourth-order valence-corrected chi connectivity index (χ4v) is 5.31. The summed E-state index contributed by atoms with van der Waals surface area (Å²) in [4.78, 5) is 10.9. The molecule has 37 heavy (non-hydrogen) atoms. The van der Waals surface area contributed by atoms with Crippen molar-refractivity contribution < 1.29 is 33.3 Å². The summed E-state index contributed by atoms with van der Waals surface area (Å²) in [6.07, 6.45) is 1.04. The van der Waals surface area contributed by atoms with E-state index in [1.807, 2.05) is 18.2 Å². The Hall–Kier alpha value is -3.45. The van der Waals surface area contributed by atoms with Gasteiger partial charge in [0.25, 0.3) is 0 Å². The highest BCUT2D eigenvalue weighted by Gasteiger charge is 2.37. The average Bonchev–Trinajstić information content (AvgIpc) is 3.22. The molecule has 3 aromatic rings. The van der Waals surface area contributed by atoms with Crippen molar-refractivity contribution in [1.29, 1.82) is 0 Å². The van der Waals surface area contributed by atoms with E-state index in [2.05, 4.69) is 13.8 Å². The molecule has 1 aliphatic carbocycles. The maximum atomic E-state index is 15.0. The lowest BCUT2D eigenvalue weighted by Gasteiger charge is -2.30. The number of carbonyl (C=O) groups is 1. The number of aliphatic hydroxyl groups excluding tert-OH is 1. The van der Waals surface area contributed by atoms with E-state index in [1.165, 1.54) is 24.3 Å². The van der Waals surface area contributed by atoms with E-state index in [0.29, 0.717) is 11.3 Å². The number of ether oxygens (including phenoxy) is 2. The second kappa shape index (κ2) is 10.9. The highest BCUT2D eigenvalue weighted by molar-refractivity contribution is 5.71. The normalized spacial score (nSPS) is 17.4. The molecule has 0 spiro atoms. The average molecular weight is 511 g/mol. The van der Waals surface area contributed by atoms with Gasteiger partial charge in [0.05, 0.1) is 19.6 Å².